The van der Waals surface area contributed by atoms with Crippen LogP contribution in [0.25, 0.3) is 0 Å². The van der Waals surface area contributed by atoms with Crippen molar-refractivity contribution in [2.45, 2.75) is 32.6 Å². The largest absolute Gasteiger partial charge is 0.330 e. The summed E-state index contributed by atoms with van der Waals surface area (Å²) in [5, 5.41) is 0. The molecule has 0 bridgehead atoms. The summed E-state index contributed by atoms with van der Waals surface area (Å²) in [4.78, 5) is 2.58. The monoisotopic (exact) mass is 170 g/mol. The van der Waals surface area contributed by atoms with Crippen molar-refractivity contribution in [2.75, 3.05) is 26.2 Å². The Hall–Kier alpha value is -0.0800. The highest BCUT2D eigenvalue weighted by molar-refractivity contribution is 4.65. The Balaban J connectivity index is 2.05. The molecular weight excluding hydrogens is 148 g/mol. The molecule has 1 heterocycles. The van der Waals surface area contributed by atoms with Gasteiger partial charge in [-0.25, -0.2) is 0 Å². The molecule has 1 aliphatic heterocycles. The van der Waals surface area contributed by atoms with E-state index in [0.717, 1.165) is 6.54 Å². The summed E-state index contributed by atoms with van der Waals surface area (Å²) in [6.45, 7) is 6.98. The smallest absolute Gasteiger partial charge is 0.00157 e. The van der Waals surface area contributed by atoms with Crippen LogP contribution in [0.4, 0.5) is 0 Å². The van der Waals surface area contributed by atoms with E-state index in [-0.39, 0.29) is 0 Å². The quantitative estimate of drug-likeness (QED) is 0.692. The van der Waals surface area contributed by atoms with Gasteiger partial charge in [-0.3, -0.25) is 0 Å². The molecule has 0 spiro atoms. The van der Waals surface area contributed by atoms with E-state index in [2.05, 4.69) is 11.8 Å². The SMILES string of the molecule is CC(CN)CCN1CCCCC1. The maximum atomic E-state index is 5.57. The van der Waals surface area contributed by atoms with Crippen molar-refractivity contribution in [3.8, 4) is 0 Å². The predicted octanol–water partition coefficient (Wildman–Crippen LogP) is 1.46. The molecule has 2 N–H and O–H groups in total. The molecule has 1 saturated heterocycles. The average molecular weight is 170 g/mol. The Morgan fingerprint density at radius 3 is 2.50 bits per heavy atom. The Morgan fingerprint density at radius 1 is 1.25 bits per heavy atom. The standard InChI is InChI=1S/C10H22N2/c1-10(9-11)5-8-12-6-3-2-4-7-12/h10H,2-9,11H2,1H3. The van der Waals surface area contributed by atoms with Gasteiger partial charge in [-0.05, 0) is 51.4 Å². The molecule has 1 fully saturated rings. The molecule has 2 nitrogen and oxygen atoms in total. The minimum atomic E-state index is 0.701. The number of rotatable bonds is 4. The third-order valence-corrected chi connectivity index (χ3v) is 2.79. The van der Waals surface area contributed by atoms with Gasteiger partial charge >= 0.3 is 0 Å². The zero-order valence-electron chi connectivity index (χ0n) is 8.26. The summed E-state index contributed by atoms with van der Waals surface area (Å²) >= 11 is 0. The van der Waals surface area contributed by atoms with Crippen LogP contribution in [-0.4, -0.2) is 31.1 Å². The highest BCUT2D eigenvalue weighted by Gasteiger charge is 2.10. The van der Waals surface area contributed by atoms with E-state index in [0.29, 0.717) is 5.92 Å². The average Bonchev–Trinajstić information content (AvgIpc) is 2.16. The molecular formula is C10H22N2. The third kappa shape index (κ3) is 3.55. The minimum absolute atomic E-state index is 0.701. The second-order valence-electron chi connectivity index (χ2n) is 4.03. The lowest BCUT2D eigenvalue weighted by Crippen LogP contribution is -2.32. The van der Waals surface area contributed by atoms with Gasteiger partial charge in [0.1, 0.15) is 0 Å². The van der Waals surface area contributed by atoms with Crippen molar-refractivity contribution in [1.29, 1.82) is 0 Å². The number of nitrogens with two attached hydrogens (primary N) is 1. The lowest BCUT2D eigenvalue weighted by molar-refractivity contribution is 0.216. The summed E-state index contributed by atoms with van der Waals surface area (Å²) in [6, 6.07) is 0. The van der Waals surface area contributed by atoms with Crippen molar-refractivity contribution >= 4 is 0 Å². The summed E-state index contributed by atoms with van der Waals surface area (Å²) in [7, 11) is 0. The molecule has 0 aromatic carbocycles. The molecule has 0 radical (unpaired) electrons. The van der Waals surface area contributed by atoms with Gasteiger partial charge in [0.25, 0.3) is 0 Å². The lowest BCUT2D eigenvalue weighted by Gasteiger charge is -2.27. The molecule has 1 unspecified atom stereocenters. The molecule has 0 aromatic rings. The van der Waals surface area contributed by atoms with Gasteiger partial charge in [0.2, 0.25) is 0 Å². The molecule has 72 valence electrons. The van der Waals surface area contributed by atoms with Crippen molar-refractivity contribution in [3.63, 3.8) is 0 Å². The fourth-order valence-electron chi connectivity index (χ4n) is 1.70. The van der Waals surface area contributed by atoms with Gasteiger partial charge in [0, 0.05) is 0 Å². The van der Waals surface area contributed by atoms with Crippen molar-refractivity contribution in [2.24, 2.45) is 11.7 Å². The topological polar surface area (TPSA) is 29.3 Å². The van der Waals surface area contributed by atoms with Crippen molar-refractivity contribution in [1.82, 2.24) is 4.90 Å². The van der Waals surface area contributed by atoms with Crippen molar-refractivity contribution < 1.29 is 0 Å². The van der Waals surface area contributed by atoms with Gasteiger partial charge in [0.15, 0.2) is 0 Å². The molecule has 0 aliphatic carbocycles. The van der Waals surface area contributed by atoms with Crippen molar-refractivity contribution in [3.05, 3.63) is 0 Å². The van der Waals surface area contributed by atoms with Gasteiger partial charge < -0.3 is 10.6 Å². The second-order valence-corrected chi connectivity index (χ2v) is 4.03. The Bertz CT molecular complexity index is 108. The van der Waals surface area contributed by atoms with E-state index in [1.807, 2.05) is 0 Å². The number of hydrogen-bond donors (Lipinski definition) is 1. The molecule has 0 aromatic heterocycles. The predicted molar refractivity (Wildman–Crippen MR) is 53.1 cm³/mol. The minimum Gasteiger partial charge on any atom is -0.330 e. The van der Waals surface area contributed by atoms with Crippen LogP contribution in [0.5, 0.6) is 0 Å². The van der Waals surface area contributed by atoms with E-state index in [4.69, 9.17) is 5.73 Å². The van der Waals surface area contributed by atoms with Crippen LogP contribution < -0.4 is 5.73 Å². The number of likely N-dealkylation sites (tertiary alicyclic amines) is 1. The Labute approximate surface area is 76.1 Å². The first-order valence-corrected chi connectivity index (χ1v) is 5.25. The van der Waals surface area contributed by atoms with E-state index < -0.39 is 0 Å². The van der Waals surface area contributed by atoms with E-state index in [9.17, 15) is 0 Å². The number of nitrogens with zero attached hydrogens (tertiary/aromatic N) is 1. The first kappa shape index (κ1) is 10.0. The van der Waals surface area contributed by atoms with Gasteiger partial charge in [-0.1, -0.05) is 13.3 Å². The zero-order valence-corrected chi connectivity index (χ0v) is 8.26. The fraction of sp³-hybridized carbons (Fsp3) is 1.00. The maximum absolute atomic E-state index is 5.57. The molecule has 2 heteroatoms. The first-order valence-electron chi connectivity index (χ1n) is 5.25. The number of piperidine rings is 1. The maximum Gasteiger partial charge on any atom is -0.00157 e. The highest BCUT2D eigenvalue weighted by Crippen LogP contribution is 2.10. The third-order valence-electron chi connectivity index (χ3n) is 2.79. The summed E-state index contributed by atoms with van der Waals surface area (Å²) in [6.07, 6.45) is 5.51. The highest BCUT2D eigenvalue weighted by atomic mass is 15.1. The van der Waals surface area contributed by atoms with Crippen LogP contribution >= 0.6 is 0 Å². The Morgan fingerprint density at radius 2 is 1.92 bits per heavy atom. The molecule has 1 rings (SSSR count). The fourth-order valence-corrected chi connectivity index (χ4v) is 1.70. The van der Waals surface area contributed by atoms with E-state index >= 15 is 0 Å². The van der Waals surface area contributed by atoms with Gasteiger partial charge in [-0.15, -0.1) is 0 Å². The normalized spacial score (nSPS) is 22.5. The van der Waals surface area contributed by atoms with Gasteiger partial charge in [0.05, 0.1) is 0 Å². The summed E-state index contributed by atoms with van der Waals surface area (Å²) in [5.74, 6) is 0.701. The van der Waals surface area contributed by atoms with Crippen LogP contribution in [0, 0.1) is 5.92 Å². The van der Waals surface area contributed by atoms with Gasteiger partial charge in [-0.2, -0.15) is 0 Å². The molecule has 12 heavy (non-hydrogen) atoms. The lowest BCUT2D eigenvalue weighted by atomic mass is 10.1. The van der Waals surface area contributed by atoms with Crippen LogP contribution in [-0.2, 0) is 0 Å². The summed E-state index contributed by atoms with van der Waals surface area (Å²) in [5.41, 5.74) is 5.57. The Kier molecular flexibility index (Phi) is 4.62. The summed E-state index contributed by atoms with van der Waals surface area (Å²) < 4.78 is 0. The second kappa shape index (κ2) is 5.55. The van der Waals surface area contributed by atoms with Crippen LogP contribution in [0.2, 0.25) is 0 Å². The molecule has 1 aliphatic rings. The molecule has 1 atom stereocenters. The van der Waals surface area contributed by atoms with Crippen LogP contribution in [0.3, 0.4) is 0 Å². The van der Waals surface area contributed by atoms with E-state index in [1.165, 1.54) is 45.3 Å². The zero-order chi connectivity index (χ0) is 8.81. The molecule has 0 amide bonds. The first-order chi connectivity index (χ1) is 5.83. The van der Waals surface area contributed by atoms with Crippen LogP contribution in [0.15, 0.2) is 0 Å². The number of hydrogen-bond acceptors (Lipinski definition) is 2. The van der Waals surface area contributed by atoms with Crippen LogP contribution in [0.1, 0.15) is 32.6 Å². The van der Waals surface area contributed by atoms with E-state index in [1.54, 1.807) is 0 Å². The molecule has 0 saturated carbocycles.